The number of methoxy groups -OCH3 is 2. The van der Waals surface area contributed by atoms with Crippen LogP contribution in [0, 0.1) is 12.7 Å². The van der Waals surface area contributed by atoms with Crippen molar-refractivity contribution < 1.29 is 23.8 Å². The van der Waals surface area contributed by atoms with Crippen molar-refractivity contribution >= 4 is 5.97 Å². The van der Waals surface area contributed by atoms with Gasteiger partial charge in [-0.3, -0.25) is 0 Å². The van der Waals surface area contributed by atoms with E-state index in [1.807, 2.05) is 0 Å². The number of hydrogen-bond acceptors (Lipinski definition) is 3. The van der Waals surface area contributed by atoms with Crippen LogP contribution in [-0.4, -0.2) is 25.3 Å². The Balaban J connectivity index is 3.51. The van der Waals surface area contributed by atoms with Crippen LogP contribution in [0.5, 0.6) is 11.5 Å². The lowest BCUT2D eigenvalue weighted by Crippen LogP contribution is -2.05. The van der Waals surface area contributed by atoms with E-state index in [0.29, 0.717) is 5.56 Å². The molecule has 0 saturated carbocycles. The quantitative estimate of drug-likeness (QED) is 0.834. The molecule has 0 atom stereocenters. The molecule has 0 radical (unpaired) electrons. The predicted octanol–water partition coefficient (Wildman–Crippen LogP) is 1.85. The van der Waals surface area contributed by atoms with Crippen molar-refractivity contribution in [3.63, 3.8) is 0 Å². The molecule has 0 aromatic heterocycles. The molecule has 5 heteroatoms. The Morgan fingerprint density at radius 2 is 1.87 bits per heavy atom. The Morgan fingerprint density at radius 1 is 1.33 bits per heavy atom. The van der Waals surface area contributed by atoms with E-state index in [1.54, 1.807) is 6.92 Å². The first kappa shape index (κ1) is 11.3. The van der Waals surface area contributed by atoms with E-state index in [2.05, 4.69) is 0 Å². The van der Waals surface area contributed by atoms with E-state index >= 15 is 0 Å². The number of aryl methyl sites for hydroxylation is 1. The highest BCUT2D eigenvalue weighted by Gasteiger charge is 2.21. The molecule has 0 aliphatic heterocycles. The summed E-state index contributed by atoms with van der Waals surface area (Å²) in [6.07, 6.45) is 0. The number of ether oxygens (including phenoxy) is 2. The predicted molar refractivity (Wildman–Crippen MR) is 51.2 cm³/mol. The van der Waals surface area contributed by atoms with Crippen LogP contribution in [-0.2, 0) is 0 Å². The van der Waals surface area contributed by atoms with Gasteiger partial charge in [0.1, 0.15) is 5.56 Å². The highest BCUT2D eigenvalue weighted by atomic mass is 19.1. The summed E-state index contributed by atoms with van der Waals surface area (Å²) in [6, 6.07) is 1.31. The average molecular weight is 214 g/mol. The van der Waals surface area contributed by atoms with E-state index in [0.717, 1.165) is 0 Å². The minimum absolute atomic E-state index is 0.00292. The molecular formula is C10H11FO4. The van der Waals surface area contributed by atoms with Gasteiger partial charge in [-0.2, -0.15) is 4.39 Å². The summed E-state index contributed by atoms with van der Waals surface area (Å²) in [4.78, 5) is 10.8. The van der Waals surface area contributed by atoms with Crippen LogP contribution in [0.3, 0.4) is 0 Å². The second kappa shape index (κ2) is 4.16. The lowest BCUT2D eigenvalue weighted by Gasteiger charge is -2.12. The lowest BCUT2D eigenvalue weighted by molar-refractivity contribution is 0.0692. The van der Waals surface area contributed by atoms with E-state index in [-0.39, 0.29) is 17.1 Å². The zero-order valence-corrected chi connectivity index (χ0v) is 8.63. The molecule has 0 spiro atoms. The Hall–Kier alpha value is -1.78. The lowest BCUT2D eigenvalue weighted by atomic mass is 10.1. The molecule has 0 aliphatic rings. The second-order valence-corrected chi connectivity index (χ2v) is 2.93. The molecule has 0 aliphatic carbocycles. The Morgan fingerprint density at radius 3 is 2.27 bits per heavy atom. The summed E-state index contributed by atoms with van der Waals surface area (Å²) in [5, 5.41) is 8.82. The van der Waals surface area contributed by atoms with Gasteiger partial charge in [0, 0.05) is 0 Å². The molecule has 0 heterocycles. The molecule has 1 rings (SSSR count). The van der Waals surface area contributed by atoms with Crippen molar-refractivity contribution in [2.75, 3.05) is 14.2 Å². The molecule has 0 amide bonds. The maximum Gasteiger partial charge on any atom is 0.339 e. The average Bonchev–Trinajstić information content (AvgIpc) is 2.17. The van der Waals surface area contributed by atoms with E-state index in [9.17, 15) is 9.18 Å². The number of rotatable bonds is 3. The van der Waals surface area contributed by atoms with Crippen LogP contribution in [0.4, 0.5) is 4.39 Å². The van der Waals surface area contributed by atoms with Crippen molar-refractivity contribution in [2.45, 2.75) is 6.92 Å². The molecule has 82 valence electrons. The number of carbonyl (C=O) groups is 1. The normalized spacial score (nSPS) is 9.87. The van der Waals surface area contributed by atoms with Crippen LogP contribution in [0.25, 0.3) is 0 Å². The second-order valence-electron chi connectivity index (χ2n) is 2.93. The first-order valence-electron chi connectivity index (χ1n) is 4.17. The van der Waals surface area contributed by atoms with Crippen molar-refractivity contribution in [3.8, 4) is 11.5 Å². The summed E-state index contributed by atoms with van der Waals surface area (Å²) < 4.78 is 23.1. The van der Waals surface area contributed by atoms with Gasteiger partial charge in [-0.25, -0.2) is 4.79 Å². The van der Waals surface area contributed by atoms with Gasteiger partial charge in [-0.15, -0.1) is 0 Å². The number of halogens is 1. The highest BCUT2D eigenvalue weighted by Crippen LogP contribution is 2.33. The Bertz CT molecular complexity index is 401. The third-order valence-electron chi connectivity index (χ3n) is 2.00. The van der Waals surface area contributed by atoms with Crippen LogP contribution in [0.2, 0.25) is 0 Å². The third-order valence-corrected chi connectivity index (χ3v) is 2.00. The molecule has 4 nitrogen and oxygen atoms in total. The first-order valence-corrected chi connectivity index (χ1v) is 4.17. The number of hydrogen-bond donors (Lipinski definition) is 1. The number of carboxylic acids is 1. The molecule has 1 aromatic carbocycles. The summed E-state index contributed by atoms with van der Waals surface area (Å²) in [7, 11) is 2.52. The molecule has 1 aromatic rings. The summed E-state index contributed by atoms with van der Waals surface area (Å²) >= 11 is 0. The van der Waals surface area contributed by atoms with Crippen LogP contribution in [0.15, 0.2) is 6.07 Å². The molecule has 0 fully saturated rings. The molecule has 0 unspecified atom stereocenters. The van der Waals surface area contributed by atoms with Gasteiger partial charge < -0.3 is 14.6 Å². The fourth-order valence-electron chi connectivity index (χ4n) is 1.35. The number of carboxylic acid groups (broad SMARTS) is 1. The van der Waals surface area contributed by atoms with Gasteiger partial charge in [-0.1, -0.05) is 0 Å². The van der Waals surface area contributed by atoms with Crippen molar-refractivity contribution in [1.29, 1.82) is 0 Å². The summed E-state index contributed by atoms with van der Waals surface area (Å²) in [5.41, 5.74) is 0.196. The molecule has 1 N–H and O–H groups in total. The summed E-state index contributed by atoms with van der Waals surface area (Å²) in [6.45, 7) is 1.56. The van der Waals surface area contributed by atoms with Crippen molar-refractivity contribution in [3.05, 3.63) is 23.0 Å². The first-order chi connectivity index (χ1) is 7.02. The van der Waals surface area contributed by atoms with Crippen LogP contribution < -0.4 is 9.47 Å². The van der Waals surface area contributed by atoms with Gasteiger partial charge in [0.2, 0.25) is 5.82 Å². The zero-order valence-electron chi connectivity index (χ0n) is 8.63. The number of benzene rings is 1. The number of aromatic carboxylic acids is 1. The summed E-state index contributed by atoms with van der Waals surface area (Å²) in [5.74, 6) is -2.35. The topological polar surface area (TPSA) is 55.8 Å². The SMILES string of the molecule is COc1c(C)cc(C(=O)O)c(OC)c1F. The molecule has 0 saturated heterocycles. The highest BCUT2D eigenvalue weighted by molar-refractivity contribution is 5.91. The minimum atomic E-state index is -1.24. The van der Waals surface area contributed by atoms with Gasteiger partial charge in [0.25, 0.3) is 0 Å². The van der Waals surface area contributed by atoms with Gasteiger partial charge in [0.05, 0.1) is 14.2 Å². The minimum Gasteiger partial charge on any atom is -0.493 e. The Kier molecular flexibility index (Phi) is 3.14. The molecule has 15 heavy (non-hydrogen) atoms. The largest absolute Gasteiger partial charge is 0.493 e. The van der Waals surface area contributed by atoms with Crippen LogP contribution >= 0.6 is 0 Å². The Labute approximate surface area is 86.2 Å². The third kappa shape index (κ3) is 1.86. The van der Waals surface area contributed by atoms with Crippen molar-refractivity contribution in [2.24, 2.45) is 0 Å². The molecule has 0 bridgehead atoms. The van der Waals surface area contributed by atoms with Gasteiger partial charge in [0.15, 0.2) is 11.5 Å². The van der Waals surface area contributed by atoms with Gasteiger partial charge in [-0.05, 0) is 18.6 Å². The van der Waals surface area contributed by atoms with E-state index in [1.165, 1.54) is 20.3 Å². The van der Waals surface area contributed by atoms with Crippen LogP contribution in [0.1, 0.15) is 15.9 Å². The maximum absolute atomic E-state index is 13.6. The maximum atomic E-state index is 13.6. The van der Waals surface area contributed by atoms with Gasteiger partial charge >= 0.3 is 5.97 Å². The fourth-order valence-corrected chi connectivity index (χ4v) is 1.35. The standard InChI is InChI=1S/C10H11FO4/c1-5-4-6(10(12)13)9(15-3)7(11)8(5)14-2/h4H,1-3H3,(H,12,13). The zero-order chi connectivity index (χ0) is 11.6. The fraction of sp³-hybridized carbons (Fsp3) is 0.300. The smallest absolute Gasteiger partial charge is 0.339 e. The van der Waals surface area contributed by atoms with Crippen molar-refractivity contribution in [1.82, 2.24) is 0 Å². The molecular weight excluding hydrogens is 203 g/mol. The van der Waals surface area contributed by atoms with E-state index < -0.39 is 11.8 Å². The van der Waals surface area contributed by atoms with E-state index in [4.69, 9.17) is 14.6 Å². The monoisotopic (exact) mass is 214 g/mol.